The zero-order valence-corrected chi connectivity index (χ0v) is 11.5. The van der Waals surface area contributed by atoms with Crippen LogP contribution in [0.25, 0.3) is 11.4 Å². The van der Waals surface area contributed by atoms with Gasteiger partial charge in [-0.15, -0.1) is 10.2 Å². The molecular weight excluding hydrogens is 319 g/mol. The minimum atomic E-state index is -4.50. The minimum absolute atomic E-state index is 0.0321. The van der Waals surface area contributed by atoms with Gasteiger partial charge in [-0.2, -0.15) is 13.2 Å². The highest BCUT2D eigenvalue weighted by molar-refractivity contribution is 8.13. The van der Waals surface area contributed by atoms with E-state index in [-0.39, 0.29) is 11.4 Å². The third-order valence-corrected chi connectivity index (χ3v) is 3.71. The van der Waals surface area contributed by atoms with Crippen LogP contribution in [0.5, 0.6) is 0 Å². The first-order valence-electron chi connectivity index (χ1n) is 5.12. The summed E-state index contributed by atoms with van der Waals surface area (Å²) >= 11 is 0. The van der Waals surface area contributed by atoms with E-state index in [2.05, 4.69) is 10.2 Å². The van der Waals surface area contributed by atoms with E-state index < -0.39 is 25.9 Å². The molecule has 20 heavy (non-hydrogen) atoms. The summed E-state index contributed by atoms with van der Waals surface area (Å²) in [5.41, 5.74) is -0.783. The molecule has 0 saturated heterocycles. The van der Waals surface area contributed by atoms with Crippen LogP contribution in [0.2, 0.25) is 0 Å². The van der Waals surface area contributed by atoms with E-state index in [0.29, 0.717) is 0 Å². The van der Waals surface area contributed by atoms with Crippen LogP contribution >= 0.6 is 10.7 Å². The number of aromatic nitrogens is 3. The third kappa shape index (κ3) is 2.78. The van der Waals surface area contributed by atoms with Gasteiger partial charge in [-0.05, 0) is 12.1 Å². The average Bonchev–Trinajstić information content (AvgIpc) is 2.70. The van der Waals surface area contributed by atoms with Crippen molar-refractivity contribution in [1.82, 2.24) is 14.8 Å². The van der Waals surface area contributed by atoms with E-state index in [4.69, 9.17) is 10.7 Å². The van der Waals surface area contributed by atoms with E-state index >= 15 is 0 Å². The van der Waals surface area contributed by atoms with Gasteiger partial charge in [-0.25, -0.2) is 8.42 Å². The molecule has 1 aromatic heterocycles. The molecule has 1 heterocycles. The van der Waals surface area contributed by atoms with E-state index in [1.54, 1.807) is 0 Å². The van der Waals surface area contributed by atoms with Gasteiger partial charge >= 0.3 is 6.18 Å². The van der Waals surface area contributed by atoms with Crippen LogP contribution in [-0.4, -0.2) is 23.2 Å². The van der Waals surface area contributed by atoms with Gasteiger partial charge in [-0.3, -0.25) is 4.57 Å². The summed E-state index contributed by atoms with van der Waals surface area (Å²) in [6.45, 7) is 0. The third-order valence-electron chi connectivity index (χ3n) is 2.50. The number of rotatable bonds is 2. The molecule has 0 spiro atoms. The van der Waals surface area contributed by atoms with Crippen LogP contribution in [0.3, 0.4) is 0 Å². The maximum Gasteiger partial charge on any atom is 0.416 e. The molecule has 0 aliphatic carbocycles. The zero-order chi connectivity index (χ0) is 15.1. The molecule has 0 amide bonds. The van der Waals surface area contributed by atoms with Crippen LogP contribution in [-0.2, 0) is 22.3 Å². The van der Waals surface area contributed by atoms with Crippen LogP contribution in [0.15, 0.2) is 29.4 Å². The molecule has 0 bridgehead atoms. The standard InChI is InChI=1S/C10H7ClF3N3O2S/c1-17-8(15-16-9(17)20(11,18)19)6-3-2-4-7(5-6)10(12,13)14/h2-5H,1H3. The Labute approximate surface area is 116 Å². The summed E-state index contributed by atoms with van der Waals surface area (Å²) in [7, 11) is 2.31. The van der Waals surface area contributed by atoms with E-state index in [1.165, 1.54) is 19.2 Å². The molecule has 0 fully saturated rings. The number of halogens is 4. The molecule has 0 N–H and O–H groups in total. The Morgan fingerprint density at radius 2 is 1.90 bits per heavy atom. The van der Waals surface area contributed by atoms with Gasteiger partial charge in [0.2, 0.25) is 0 Å². The van der Waals surface area contributed by atoms with Gasteiger partial charge in [-0.1, -0.05) is 12.1 Å². The highest BCUT2D eigenvalue weighted by Crippen LogP contribution is 2.32. The average molecular weight is 326 g/mol. The van der Waals surface area contributed by atoms with Gasteiger partial charge in [0.1, 0.15) is 0 Å². The lowest BCUT2D eigenvalue weighted by atomic mass is 10.1. The second-order valence-electron chi connectivity index (χ2n) is 3.88. The first-order chi connectivity index (χ1) is 9.10. The summed E-state index contributed by atoms with van der Waals surface area (Å²) in [5.74, 6) is -0.0321. The normalized spacial score (nSPS) is 12.7. The van der Waals surface area contributed by atoms with Gasteiger partial charge in [0, 0.05) is 23.3 Å². The summed E-state index contributed by atoms with van der Waals surface area (Å²) in [6, 6.07) is 4.32. The molecule has 0 aliphatic heterocycles. The lowest BCUT2D eigenvalue weighted by Gasteiger charge is -2.08. The van der Waals surface area contributed by atoms with E-state index in [9.17, 15) is 21.6 Å². The number of hydrogen-bond donors (Lipinski definition) is 0. The smallest absolute Gasteiger partial charge is 0.300 e. The van der Waals surface area contributed by atoms with Gasteiger partial charge in [0.05, 0.1) is 5.56 Å². The number of hydrogen-bond acceptors (Lipinski definition) is 4. The largest absolute Gasteiger partial charge is 0.416 e. The van der Waals surface area contributed by atoms with Crippen molar-refractivity contribution < 1.29 is 21.6 Å². The monoisotopic (exact) mass is 325 g/mol. The maximum absolute atomic E-state index is 12.6. The van der Waals surface area contributed by atoms with Gasteiger partial charge in [0.25, 0.3) is 14.2 Å². The summed E-state index contributed by atoms with van der Waals surface area (Å²) < 4.78 is 61.2. The van der Waals surface area contributed by atoms with Crippen LogP contribution in [0.4, 0.5) is 13.2 Å². The quantitative estimate of drug-likeness (QED) is 0.795. The lowest BCUT2D eigenvalue weighted by Crippen LogP contribution is -2.06. The Morgan fingerprint density at radius 3 is 2.40 bits per heavy atom. The van der Waals surface area contributed by atoms with Crippen molar-refractivity contribution in [3.63, 3.8) is 0 Å². The number of alkyl halides is 3. The lowest BCUT2D eigenvalue weighted by molar-refractivity contribution is -0.137. The molecule has 0 atom stereocenters. The van der Waals surface area contributed by atoms with Gasteiger partial charge < -0.3 is 0 Å². The summed E-state index contributed by atoms with van der Waals surface area (Å²) in [5, 5.41) is 6.39. The molecule has 0 radical (unpaired) electrons. The van der Waals surface area contributed by atoms with Crippen molar-refractivity contribution in [2.45, 2.75) is 11.3 Å². The van der Waals surface area contributed by atoms with Crippen molar-refractivity contribution >= 4 is 19.7 Å². The fourth-order valence-electron chi connectivity index (χ4n) is 1.61. The molecule has 0 saturated carbocycles. The first kappa shape index (κ1) is 14.8. The van der Waals surface area contributed by atoms with Crippen molar-refractivity contribution in [2.24, 2.45) is 7.05 Å². The van der Waals surface area contributed by atoms with Crippen molar-refractivity contribution in [2.75, 3.05) is 0 Å². The fraction of sp³-hybridized carbons (Fsp3) is 0.200. The van der Waals surface area contributed by atoms with Crippen molar-refractivity contribution in [1.29, 1.82) is 0 Å². The number of nitrogens with zero attached hydrogens (tertiary/aromatic N) is 3. The molecule has 108 valence electrons. The second kappa shape index (κ2) is 4.74. The molecule has 5 nitrogen and oxygen atoms in total. The van der Waals surface area contributed by atoms with Crippen molar-refractivity contribution in [3.8, 4) is 11.4 Å². The fourth-order valence-corrected chi connectivity index (χ4v) is 2.57. The Balaban J connectivity index is 2.57. The highest BCUT2D eigenvalue weighted by atomic mass is 35.7. The van der Waals surface area contributed by atoms with Crippen LogP contribution in [0.1, 0.15) is 5.56 Å². The first-order valence-corrected chi connectivity index (χ1v) is 7.43. The second-order valence-corrected chi connectivity index (χ2v) is 6.34. The van der Waals surface area contributed by atoms with E-state index in [0.717, 1.165) is 16.7 Å². The highest BCUT2D eigenvalue weighted by Gasteiger charge is 2.31. The molecular formula is C10H7ClF3N3O2S. The molecule has 2 aromatic rings. The predicted molar refractivity (Wildman–Crippen MR) is 64.5 cm³/mol. The van der Waals surface area contributed by atoms with Crippen LogP contribution < -0.4 is 0 Å². The zero-order valence-electron chi connectivity index (χ0n) is 9.89. The summed E-state index contributed by atoms with van der Waals surface area (Å²) in [4.78, 5) is 0. The maximum atomic E-state index is 12.6. The minimum Gasteiger partial charge on any atom is -0.300 e. The van der Waals surface area contributed by atoms with Crippen LogP contribution in [0, 0.1) is 0 Å². The molecule has 0 aliphatic rings. The predicted octanol–water partition coefficient (Wildman–Crippen LogP) is 2.43. The van der Waals surface area contributed by atoms with Crippen molar-refractivity contribution in [3.05, 3.63) is 29.8 Å². The Morgan fingerprint density at radius 1 is 1.25 bits per heavy atom. The Hall–Kier alpha value is -1.61. The topological polar surface area (TPSA) is 64.8 Å². The number of benzene rings is 1. The molecule has 1 aromatic carbocycles. The van der Waals surface area contributed by atoms with Gasteiger partial charge in [0.15, 0.2) is 5.82 Å². The Kier molecular flexibility index (Phi) is 3.51. The molecule has 0 unspecified atom stereocenters. The molecule has 10 heteroatoms. The Bertz CT molecular complexity index is 755. The summed E-state index contributed by atoms with van der Waals surface area (Å²) in [6.07, 6.45) is -4.50. The molecule has 2 rings (SSSR count). The van der Waals surface area contributed by atoms with E-state index in [1.807, 2.05) is 0 Å². The SMILES string of the molecule is Cn1c(-c2cccc(C(F)(F)F)c2)nnc1S(=O)(=O)Cl.